The van der Waals surface area contributed by atoms with Gasteiger partial charge in [0, 0.05) is 12.6 Å². The summed E-state index contributed by atoms with van der Waals surface area (Å²) in [6.07, 6.45) is 1.30. The first-order valence-corrected chi connectivity index (χ1v) is 8.18. The summed E-state index contributed by atoms with van der Waals surface area (Å²) in [6, 6.07) is 9.81. The summed E-state index contributed by atoms with van der Waals surface area (Å²) in [4.78, 5) is 2.31. The van der Waals surface area contributed by atoms with E-state index in [1.54, 1.807) is 0 Å². The van der Waals surface area contributed by atoms with Crippen molar-refractivity contribution in [2.45, 2.75) is 57.5 Å². The van der Waals surface area contributed by atoms with Gasteiger partial charge in [-0.3, -0.25) is 4.90 Å². The Balaban J connectivity index is 1.92. The highest BCUT2D eigenvalue weighted by atomic mass is 16.5. The molecule has 0 amide bonds. The van der Waals surface area contributed by atoms with Gasteiger partial charge in [0.05, 0.1) is 17.8 Å². The normalized spacial score (nSPS) is 31.0. The summed E-state index contributed by atoms with van der Waals surface area (Å²) in [5.41, 5.74) is -0.222. The summed E-state index contributed by atoms with van der Waals surface area (Å²) in [5, 5.41) is 10.4. The van der Waals surface area contributed by atoms with E-state index in [-0.39, 0.29) is 17.7 Å². The van der Waals surface area contributed by atoms with Crippen LogP contribution in [0.3, 0.4) is 0 Å². The molecule has 2 rings (SSSR count). The zero-order valence-corrected chi connectivity index (χ0v) is 14.2. The van der Waals surface area contributed by atoms with E-state index >= 15 is 0 Å². The number of aliphatic hydroxyl groups is 1. The number of likely N-dealkylation sites (N-methyl/N-ethyl adjacent to an activating group) is 1. The fraction of sp³-hybridized carbons (Fsp3) is 0.667. The molecule has 22 heavy (non-hydrogen) atoms. The number of para-hydroxylation sites is 1. The third kappa shape index (κ3) is 4.22. The Morgan fingerprint density at radius 3 is 2.73 bits per heavy atom. The molecule has 1 aliphatic rings. The molecule has 0 saturated carbocycles. The Hall–Kier alpha value is -1.10. The second kappa shape index (κ2) is 7.44. The molecule has 1 aromatic rings. The monoisotopic (exact) mass is 307 g/mol. The first-order valence-electron chi connectivity index (χ1n) is 8.18. The van der Waals surface area contributed by atoms with Crippen molar-refractivity contribution in [1.29, 1.82) is 0 Å². The van der Waals surface area contributed by atoms with Crippen LogP contribution >= 0.6 is 0 Å². The molecule has 4 heteroatoms. The van der Waals surface area contributed by atoms with Crippen LogP contribution in [0.2, 0.25) is 0 Å². The van der Waals surface area contributed by atoms with Crippen molar-refractivity contribution in [1.82, 2.24) is 4.90 Å². The van der Waals surface area contributed by atoms with E-state index in [4.69, 9.17) is 9.47 Å². The highest BCUT2D eigenvalue weighted by molar-refractivity contribution is 5.20. The number of nitrogens with zero attached hydrogens (tertiary/aromatic N) is 1. The maximum absolute atomic E-state index is 10.4. The van der Waals surface area contributed by atoms with E-state index in [1.165, 1.54) is 0 Å². The smallest absolute Gasteiger partial charge is 0.119 e. The second-order valence-corrected chi connectivity index (χ2v) is 6.56. The number of benzene rings is 1. The Kier molecular flexibility index (Phi) is 5.84. The van der Waals surface area contributed by atoms with Gasteiger partial charge in [0.15, 0.2) is 0 Å². The molecule has 4 unspecified atom stereocenters. The minimum atomic E-state index is -0.504. The van der Waals surface area contributed by atoms with Gasteiger partial charge in [0.1, 0.15) is 12.4 Å². The average molecular weight is 307 g/mol. The number of hydrogen-bond donors (Lipinski definition) is 1. The third-order valence-corrected chi connectivity index (χ3v) is 4.64. The molecule has 124 valence electrons. The predicted octanol–water partition coefficient (Wildman–Crippen LogP) is 2.70. The SMILES string of the molecule is CCC1(C)OC(C)CN(C)C1CC(O)COc1ccccc1. The van der Waals surface area contributed by atoms with Gasteiger partial charge in [-0.05, 0) is 45.9 Å². The largest absolute Gasteiger partial charge is 0.491 e. The van der Waals surface area contributed by atoms with Gasteiger partial charge in [0.25, 0.3) is 0 Å². The predicted molar refractivity (Wildman–Crippen MR) is 88.2 cm³/mol. The first-order chi connectivity index (χ1) is 10.4. The van der Waals surface area contributed by atoms with Crippen molar-refractivity contribution in [3.8, 4) is 5.75 Å². The molecule has 4 atom stereocenters. The highest BCUT2D eigenvalue weighted by Gasteiger charge is 2.42. The summed E-state index contributed by atoms with van der Waals surface area (Å²) in [6.45, 7) is 7.60. The molecule has 0 radical (unpaired) electrons. The van der Waals surface area contributed by atoms with Crippen molar-refractivity contribution in [2.75, 3.05) is 20.2 Å². The van der Waals surface area contributed by atoms with Crippen LogP contribution in [0.5, 0.6) is 5.75 Å². The Labute approximate surface area is 134 Å². The Bertz CT molecular complexity index is 453. The van der Waals surface area contributed by atoms with Gasteiger partial charge in [-0.25, -0.2) is 0 Å². The quantitative estimate of drug-likeness (QED) is 0.877. The lowest BCUT2D eigenvalue weighted by Crippen LogP contribution is -2.60. The van der Waals surface area contributed by atoms with E-state index in [9.17, 15) is 5.11 Å². The minimum absolute atomic E-state index is 0.197. The molecule has 0 aliphatic carbocycles. The molecule has 1 heterocycles. The van der Waals surface area contributed by atoms with Crippen LogP contribution in [-0.4, -0.2) is 54.1 Å². The van der Waals surface area contributed by atoms with E-state index < -0.39 is 6.10 Å². The number of hydrogen-bond acceptors (Lipinski definition) is 4. The summed E-state index contributed by atoms with van der Waals surface area (Å²) >= 11 is 0. The van der Waals surface area contributed by atoms with Gasteiger partial charge in [-0.1, -0.05) is 25.1 Å². The maximum Gasteiger partial charge on any atom is 0.119 e. The highest BCUT2D eigenvalue weighted by Crippen LogP contribution is 2.32. The molecular weight excluding hydrogens is 278 g/mol. The fourth-order valence-electron chi connectivity index (χ4n) is 3.36. The second-order valence-electron chi connectivity index (χ2n) is 6.56. The zero-order valence-electron chi connectivity index (χ0n) is 14.2. The molecule has 1 fully saturated rings. The van der Waals surface area contributed by atoms with E-state index in [2.05, 4.69) is 32.7 Å². The lowest BCUT2D eigenvalue weighted by molar-refractivity contribution is -0.176. The van der Waals surface area contributed by atoms with Crippen molar-refractivity contribution < 1.29 is 14.6 Å². The number of ether oxygens (including phenoxy) is 2. The lowest BCUT2D eigenvalue weighted by Gasteiger charge is -2.49. The standard InChI is InChI=1S/C18H29NO3/c1-5-18(3)17(19(4)12-14(2)22-18)11-15(20)13-21-16-9-7-6-8-10-16/h6-10,14-15,17,20H,5,11-13H2,1-4H3. The van der Waals surface area contributed by atoms with E-state index in [1.807, 2.05) is 30.3 Å². The average Bonchev–Trinajstić information content (AvgIpc) is 2.50. The molecule has 0 aromatic heterocycles. The van der Waals surface area contributed by atoms with Crippen LogP contribution in [0.15, 0.2) is 30.3 Å². The summed E-state index contributed by atoms with van der Waals surface area (Å²) in [7, 11) is 2.11. The van der Waals surface area contributed by atoms with E-state index in [0.29, 0.717) is 13.0 Å². The van der Waals surface area contributed by atoms with E-state index in [0.717, 1.165) is 18.7 Å². The molecular formula is C18H29NO3. The number of aliphatic hydroxyl groups excluding tert-OH is 1. The summed E-state index contributed by atoms with van der Waals surface area (Å²) in [5.74, 6) is 0.793. The molecule has 1 aromatic carbocycles. The molecule has 4 nitrogen and oxygen atoms in total. The van der Waals surface area contributed by atoms with Crippen LogP contribution < -0.4 is 4.74 Å². The van der Waals surface area contributed by atoms with Crippen molar-refractivity contribution in [2.24, 2.45) is 0 Å². The topological polar surface area (TPSA) is 41.9 Å². The Morgan fingerprint density at radius 2 is 2.09 bits per heavy atom. The summed E-state index contributed by atoms with van der Waals surface area (Å²) < 4.78 is 11.8. The third-order valence-electron chi connectivity index (χ3n) is 4.64. The van der Waals surface area contributed by atoms with Crippen LogP contribution in [0.25, 0.3) is 0 Å². The molecule has 1 N–H and O–H groups in total. The molecule has 1 saturated heterocycles. The minimum Gasteiger partial charge on any atom is -0.491 e. The first kappa shape index (κ1) is 17.3. The molecule has 0 bridgehead atoms. The van der Waals surface area contributed by atoms with Crippen LogP contribution in [0.4, 0.5) is 0 Å². The van der Waals surface area contributed by atoms with Gasteiger partial charge in [-0.2, -0.15) is 0 Å². The van der Waals surface area contributed by atoms with Gasteiger partial charge in [0.2, 0.25) is 0 Å². The van der Waals surface area contributed by atoms with Gasteiger partial charge < -0.3 is 14.6 Å². The number of morpholine rings is 1. The van der Waals surface area contributed by atoms with Crippen LogP contribution in [-0.2, 0) is 4.74 Å². The molecule has 0 spiro atoms. The van der Waals surface area contributed by atoms with Crippen LogP contribution in [0.1, 0.15) is 33.6 Å². The van der Waals surface area contributed by atoms with Gasteiger partial charge in [-0.15, -0.1) is 0 Å². The number of rotatable bonds is 6. The van der Waals surface area contributed by atoms with Gasteiger partial charge >= 0.3 is 0 Å². The van der Waals surface area contributed by atoms with Crippen molar-refractivity contribution in [3.05, 3.63) is 30.3 Å². The van der Waals surface area contributed by atoms with Crippen molar-refractivity contribution in [3.63, 3.8) is 0 Å². The van der Waals surface area contributed by atoms with Crippen molar-refractivity contribution >= 4 is 0 Å². The Morgan fingerprint density at radius 1 is 1.41 bits per heavy atom. The molecule has 1 aliphatic heterocycles. The lowest BCUT2D eigenvalue weighted by atomic mass is 9.86. The van der Waals surface area contributed by atoms with Crippen LogP contribution in [0, 0.1) is 0 Å². The maximum atomic E-state index is 10.4. The fourth-order valence-corrected chi connectivity index (χ4v) is 3.36. The zero-order chi connectivity index (χ0) is 16.2.